The van der Waals surface area contributed by atoms with Crippen LogP contribution in [0.1, 0.15) is 19.8 Å². The van der Waals surface area contributed by atoms with Gasteiger partial charge in [0, 0.05) is 19.7 Å². The van der Waals surface area contributed by atoms with Gasteiger partial charge in [0.15, 0.2) is 0 Å². The molecule has 0 aromatic rings. The van der Waals surface area contributed by atoms with E-state index in [0.717, 1.165) is 0 Å². The zero-order chi connectivity index (χ0) is 15.6. The average molecular weight is 298 g/mol. The average Bonchev–Trinajstić information content (AvgIpc) is 3.12. The molecule has 1 fully saturated rings. The molecule has 2 amide bonds. The Balaban J connectivity index is 2.81. The van der Waals surface area contributed by atoms with Gasteiger partial charge in [0.2, 0.25) is 5.54 Å². The van der Waals surface area contributed by atoms with Crippen LogP contribution in [0.2, 0.25) is 0 Å². The molecular formula is C11H17F3N2O4. The first-order chi connectivity index (χ1) is 9.13. The van der Waals surface area contributed by atoms with Crippen molar-refractivity contribution >= 4 is 12.0 Å². The summed E-state index contributed by atoms with van der Waals surface area (Å²) in [5, 5.41) is 10.3. The fourth-order valence-corrected chi connectivity index (χ4v) is 1.56. The second-order valence-corrected chi connectivity index (χ2v) is 4.78. The van der Waals surface area contributed by atoms with E-state index in [-0.39, 0.29) is 19.2 Å². The molecule has 1 aliphatic rings. The lowest BCUT2D eigenvalue weighted by Gasteiger charge is -2.32. The van der Waals surface area contributed by atoms with Gasteiger partial charge in [-0.3, -0.25) is 0 Å². The van der Waals surface area contributed by atoms with Crippen LogP contribution in [0.25, 0.3) is 0 Å². The maximum absolute atomic E-state index is 12.8. The summed E-state index contributed by atoms with van der Waals surface area (Å²) in [6.07, 6.45) is -3.72. The molecule has 0 heterocycles. The first-order valence-electron chi connectivity index (χ1n) is 6.01. The second kappa shape index (κ2) is 5.86. The smallest absolute Gasteiger partial charge is 0.422 e. The van der Waals surface area contributed by atoms with Crippen molar-refractivity contribution in [2.75, 3.05) is 20.3 Å². The molecule has 0 saturated heterocycles. The Morgan fingerprint density at radius 1 is 1.40 bits per heavy atom. The van der Waals surface area contributed by atoms with Crippen molar-refractivity contribution in [3.63, 3.8) is 0 Å². The predicted octanol–water partition coefficient (Wildman–Crippen LogP) is 1.21. The molecule has 1 rings (SSSR count). The first-order valence-corrected chi connectivity index (χ1v) is 6.01. The van der Waals surface area contributed by atoms with Gasteiger partial charge in [-0.05, 0) is 19.8 Å². The molecule has 1 unspecified atom stereocenters. The van der Waals surface area contributed by atoms with Gasteiger partial charge < -0.3 is 20.1 Å². The summed E-state index contributed by atoms with van der Waals surface area (Å²) in [5.74, 6) is -2.15. The standard InChI is InChI=1S/C11H17F3N2O4/c1-10(8(17)18,11(12,13)14)15-9(19)16(5-6-20-2)7-3-4-7/h7H,3-6H2,1-2H3,(H,15,19)(H,17,18). The van der Waals surface area contributed by atoms with Gasteiger partial charge in [-0.2, -0.15) is 13.2 Å². The van der Waals surface area contributed by atoms with Crippen molar-refractivity contribution in [1.29, 1.82) is 0 Å². The van der Waals surface area contributed by atoms with Crippen molar-refractivity contribution in [2.24, 2.45) is 0 Å². The maximum Gasteiger partial charge on any atom is 0.422 e. The summed E-state index contributed by atoms with van der Waals surface area (Å²) in [4.78, 5) is 23.9. The van der Waals surface area contributed by atoms with E-state index in [1.165, 1.54) is 12.0 Å². The lowest BCUT2D eigenvalue weighted by Crippen LogP contribution is -2.64. The van der Waals surface area contributed by atoms with Crippen molar-refractivity contribution in [3.05, 3.63) is 0 Å². The first kappa shape index (κ1) is 16.5. The number of alkyl halides is 3. The van der Waals surface area contributed by atoms with E-state index in [1.54, 1.807) is 5.32 Å². The topological polar surface area (TPSA) is 78.9 Å². The summed E-state index contributed by atoms with van der Waals surface area (Å²) in [6.45, 7) is 0.703. The number of carbonyl (C=O) groups is 2. The third kappa shape index (κ3) is 3.53. The van der Waals surface area contributed by atoms with Crippen LogP contribution < -0.4 is 5.32 Å². The quantitative estimate of drug-likeness (QED) is 0.772. The highest BCUT2D eigenvalue weighted by Crippen LogP contribution is 2.32. The molecule has 116 valence electrons. The highest BCUT2D eigenvalue weighted by molar-refractivity contribution is 5.87. The molecule has 0 bridgehead atoms. The lowest BCUT2D eigenvalue weighted by molar-refractivity contribution is -0.203. The molecule has 1 atom stereocenters. The summed E-state index contributed by atoms with van der Waals surface area (Å²) < 4.78 is 43.2. The molecule has 0 aliphatic heterocycles. The van der Waals surface area contributed by atoms with E-state index in [1.807, 2.05) is 0 Å². The molecule has 0 aromatic heterocycles. The number of halogens is 3. The second-order valence-electron chi connectivity index (χ2n) is 4.78. The number of nitrogens with zero attached hydrogens (tertiary/aromatic N) is 1. The number of aliphatic carboxylic acids is 1. The molecule has 2 N–H and O–H groups in total. The van der Waals surface area contributed by atoms with Gasteiger partial charge in [0.05, 0.1) is 6.61 Å². The van der Waals surface area contributed by atoms with E-state index < -0.39 is 23.7 Å². The summed E-state index contributed by atoms with van der Waals surface area (Å²) in [6, 6.07) is -1.21. The third-order valence-corrected chi connectivity index (χ3v) is 3.14. The third-order valence-electron chi connectivity index (χ3n) is 3.14. The number of hydrogen-bond acceptors (Lipinski definition) is 3. The number of urea groups is 1. The Hall–Kier alpha value is -1.51. The van der Waals surface area contributed by atoms with Crippen molar-refractivity contribution in [1.82, 2.24) is 10.2 Å². The molecule has 20 heavy (non-hydrogen) atoms. The molecule has 0 radical (unpaired) electrons. The van der Waals surface area contributed by atoms with Gasteiger partial charge in [0.1, 0.15) is 0 Å². The number of amides is 2. The van der Waals surface area contributed by atoms with Gasteiger partial charge >= 0.3 is 18.2 Å². The fourth-order valence-electron chi connectivity index (χ4n) is 1.56. The number of ether oxygens (including phenoxy) is 1. The van der Waals surface area contributed by atoms with Crippen LogP contribution in [0.15, 0.2) is 0 Å². The largest absolute Gasteiger partial charge is 0.479 e. The molecule has 1 saturated carbocycles. The molecule has 1 aliphatic carbocycles. The minimum absolute atomic E-state index is 0.112. The highest BCUT2D eigenvalue weighted by atomic mass is 19.4. The Bertz CT molecular complexity index is 384. The van der Waals surface area contributed by atoms with Crippen molar-refractivity contribution in [3.8, 4) is 0 Å². The number of carboxylic acids is 1. The van der Waals surface area contributed by atoms with Gasteiger partial charge in [0.25, 0.3) is 0 Å². The zero-order valence-electron chi connectivity index (χ0n) is 11.2. The van der Waals surface area contributed by atoms with Crippen LogP contribution >= 0.6 is 0 Å². The summed E-state index contributed by atoms with van der Waals surface area (Å²) >= 11 is 0. The van der Waals surface area contributed by atoms with Crippen molar-refractivity contribution in [2.45, 2.75) is 37.5 Å². The Morgan fingerprint density at radius 2 is 1.95 bits per heavy atom. The predicted molar refractivity (Wildman–Crippen MR) is 62.2 cm³/mol. The van der Waals surface area contributed by atoms with Crippen LogP contribution in [0.3, 0.4) is 0 Å². The molecule has 9 heteroatoms. The zero-order valence-corrected chi connectivity index (χ0v) is 11.2. The lowest BCUT2D eigenvalue weighted by atomic mass is 10.0. The van der Waals surface area contributed by atoms with E-state index in [9.17, 15) is 22.8 Å². The molecular weight excluding hydrogens is 281 g/mol. The number of rotatable bonds is 6. The normalized spacial score (nSPS) is 18.2. The number of nitrogens with one attached hydrogen (secondary N) is 1. The minimum atomic E-state index is -5.09. The fraction of sp³-hybridized carbons (Fsp3) is 0.818. The van der Waals surface area contributed by atoms with Crippen LogP contribution in [0, 0.1) is 0 Å². The number of methoxy groups -OCH3 is 1. The molecule has 6 nitrogen and oxygen atoms in total. The summed E-state index contributed by atoms with van der Waals surface area (Å²) in [5.41, 5.74) is -3.32. The van der Waals surface area contributed by atoms with Gasteiger partial charge in [-0.25, -0.2) is 9.59 Å². The Morgan fingerprint density at radius 3 is 2.30 bits per heavy atom. The Kier molecular flexibility index (Phi) is 4.85. The van der Waals surface area contributed by atoms with Gasteiger partial charge in [-0.1, -0.05) is 0 Å². The highest BCUT2D eigenvalue weighted by Gasteiger charge is 2.59. The van der Waals surface area contributed by atoms with E-state index in [0.29, 0.717) is 19.8 Å². The molecule has 0 aromatic carbocycles. The SMILES string of the molecule is COCCN(C(=O)NC(C)(C(=O)O)C(F)(F)F)C1CC1. The molecule has 0 spiro atoms. The van der Waals surface area contributed by atoms with Crippen LogP contribution in [-0.2, 0) is 9.53 Å². The summed E-state index contributed by atoms with van der Waals surface area (Å²) in [7, 11) is 1.40. The van der Waals surface area contributed by atoms with Crippen LogP contribution in [0.4, 0.5) is 18.0 Å². The van der Waals surface area contributed by atoms with Crippen molar-refractivity contribution < 1.29 is 32.6 Å². The van der Waals surface area contributed by atoms with E-state index >= 15 is 0 Å². The van der Waals surface area contributed by atoms with Crippen LogP contribution in [0.5, 0.6) is 0 Å². The van der Waals surface area contributed by atoms with E-state index in [2.05, 4.69) is 0 Å². The number of hydrogen-bond donors (Lipinski definition) is 2. The van der Waals surface area contributed by atoms with Crippen LogP contribution in [-0.4, -0.2) is 60.0 Å². The maximum atomic E-state index is 12.8. The monoisotopic (exact) mass is 298 g/mol. The minimum Gasteiger partial charge on any atom is -0.479 e. The van der Waals surface area contributed by atoms with E-state index in [4.69, 9.17) is 9.84 Å². The number of carbonyl (C=O) groups excluding carboxylic acids is 1. The Labute approximate surface area is 113 Å². The number of carboxylic acid groups (broad SMARTS) is 1. The van der Waals surface area contributed by atoms with Gasteiger partial charge in [-0.15, -0.1) is 0 Å².